The van der Waals surface area contributed by atoms with Gasteiger partial charge in [-0.2, -0.15) is 0 Å². The molecule has 1 nitrogen and oxygen atoms in total. The monoisotopic (exact) mass is 188 g/mol. The molecule has 0 aromatic carbocycles. The quantitative estimate of drug-likeness (QED) is 0.640. The summed E-state index contributed by atoms with van der Waals surface area (Å²) < 4.78 is 2.19. The molecule has 1 heteroatoms. The molecule has 0 fully saturated rings. The number of hydrogen-bond donors (Lipinski definition) is 0. The molecule has 1 heterocycles. The first-order chi connectivity index (χ1) is 6.67. The highest BCUT2D eigenvalue weighted by Crippen LogP contribution is 2.08. The van der Waals surface area contributed by atoms with E-state index in [9.17, 15) is 0 Å². The molecule has 1 aromatic rings. The molecule has 0 N–H and O–H groups in total. The third-order valence-electron chi connectivity index (χ3n) is 2.10. The molecule has 0 amide bonds. The molecule has 1 aromatic heterocycles. The van der Waals surface area contributed by atoms with Crippen LogP contribution in [0.15, 0.2) is 31.6 Å². The first kappa shape index (κ1) is 10.7. The summed E-state index contributed by atoms with van der Waals surface area (Å²) >= 11 is 0. The third-order valence-corrected chi connectivity index (χ3v) is 2.10. The van der Waals surface area contributed by atoms with E-state index in [1.165, 1.54) is 0 Å². The molecule has 0 aliphatic carbocycles. The summed E-state index contributed by atoms with van der Waals surface area (Å²) in [6.45, 7) is 13.0. The molecule has 74 valence electrons. The summed E-state index contributed by atoms with van der Waals surface area (Å²) in [6, 6.07) is 2.08. The summed E-state index contributed by atoms with van der Waals surface area (Å²) in [5.41, 5.74) is 2.28. The minimum atomic E-state index is 0.659. The van der Waals surface area contributed by atoms with Gasteiger partial charge in [0.05, 0.1) is 0 Å². The van der Waals surface area contributed by atoms with Crippen LogP contribution in [0.1, 0.15) is 25.0 Å². The Labute approximate surface area is 86.4 Å². The van der Waals surface area contributed by atoms with E-state index in [1.807, 2.05) is 12.2 Å². The van der Waals surface area contributed by atoms with Crippen molar-refractivity contribution in [3.8, 4) is 0 Å². The highest BCUT2D eigenvalue weighted by atomic mass is 14.9. The van der Waals surface area contributed by atoms with Crippen LogP contribution in [-0.2, 0) is 6.54 Å². The van der Waals surface area contributed by atoms with Gasteiger partial charge in [-0.05, 0) is 5.56 Å². The summed E-state index contributed by atoms with van der Waals surface area (Å²) in [5.74, 6) is 0.659. The lowest BCUT2D eigenvalue weighted by molar-refractivity contribution is -0.702. The summed E-state index contributed by atoms with van der Waals surface area (Å²) in [5, 5.41) is 0. The topological polar surface area (TPSA) is 3.88 Å². The zero-order valence-corrected chi connectivity index (χ0v) is 9.03. The van der Waals surface area contributed by atoms with Crippen molar-refractivity contribution in [2.24, 2.45) is 5.92 Å². The van der Waals surface area contributed by atoms with Gasteiger partial charge in [0, 0.05) is 17.5 Å². The van der Waals surface area contributed by atoms with Crippen LogP contribution in [0.4, 0.5) is 0 Å². The Hall–Kier alpha value is -1.37. The number of aromatic nitrogens is 1. The second kappa shape index (κ2) is 4.75. The number of nitrogens with zero attached hydrogens (tertiary/aromatic N) is 1. The Bertz CT molecular complexity index is 337. The summed E-state index contributed by atoms with van der Waals surface area (Å²) in [7, 11) is 0. The molecular weight excluding hydrogens is 170 g/mol. The van der Waals surface area contributed by atoms with Gasteiger partial charge in [-0.1, -0.05) is 39.2 Å². The van der Waals surface area contributed by atoms with Crippen LogP contribution in [-0.4, -0.2) is 0 Å². The third kappa shape index (κ3) is 2.56. The van der Waals surface area contributed by atoms with Gasteiger partial charge in [-0.25, -0.2) is 4.57 Å². The van der Waals surface area contributed by atoms with E-state index >= 15 is 0 Å². The lowest BCUT2D eigenvalue weighted by Gasteiger charge is -2.03. The zero-order chi connectivity index (χ0) is 10.6. The molecule has 0 spiro atoms. The molecule has 0 radical (unpaired) electrons. The van der Waals surface area contributed by atoms with Gasteiger partial charge in [0.1, 0.15) is 0 Å². The van der Waals surface area contributed by atoms with Crippen LogP contribution in [0.25, 0.3) is 12.2 Å². The van der Waals surface area contributed by atoms with E-state index < -0.39 is 0 Å². The average Bonchev–Trinajstić information content (AvgIpc) is 2.16. The first-order valence-electron chi connectivity index (χ1n) is 4.95. The van der Waals surface area contributed by atoms with Crippen LogP contribution in [0, 0.1) is 5.92 Å². The van der Waals surface area contributed by atoms with Crippen LogP contribution < -0.4 is 4.57 Å². The van der Waals surface area contributed by atoms with Crippen LogP contribution in [0.5, 0.6) is 0 Å². The van der Waals surface area contributed by atoms with Gasteiger partial charge < -0.3 is 0 Å². The van der Waals surface area contributed by atoms with Crippen molar-refractivity contribution < 1.29 is 4.57 Å². The standard InChI is InChI=1S/C13H18N/c1-5-12-7-8-14(9-11(3)4)10-13(12)6-2/h5-8,10-11H,1-2,9H2,3-4H3/q+1. The van der Waals surface area contributed by atoms with Gasteiger partial charge in [-0.3, -0.25) is 0 Å². The molecule has 1 rings (SSSR count). The van der Waals surface area contributed by atoms with Crippen molar-refractivity contribution in [2.75, 3.05) is 0 Å². The second-order valence-corrected chi connectivity index (χ2v) is 3.85. The Morgan fingerprint density at radius 3 is 2.43 bits per heavy atom. The maximum atomic E-state index is 3.80. The van der Waals surface area contributed by atoms with Crippen LogP contribution >= 0.6 is 0 Å². The minimum Gasteiger partial charge on any atom is -0.204 e. The summed E-state index contributed by atoms with van der Waals surface area (Å²) in [4.78, 5) is 0. The average molecular weight is 188 g/mol. The van der Waals surface area contributed by atoms with Gasteiger partial charge in [0.25, 0.3) is 0 Å². The van der Waals surface area contributed by atoms with Crippen LogP contribution in [0.3, 0.4) is 0 Å². The van der Waals surface area contributed by atoms with Crippen molar-refractivity contribution in [1.82, 2.24) is 0 Å². The Morgan fingerprint density at radius 2 is 1.93 bits per heavy atom. The fourth-order valence-electron chi connectivity index (χ4n) is 1.46. The van der Waals surface area contributed by atoms with Gasteiger partial charge in [0.15, 0.2) is 18.9 Å². The normalized spacial score (nSPS) is 10.2. The molecule has 0 aliphatic heterocycles. The first-order valence-corrected chi connectivity index (χ1v) is 4.95. The maximum Gasteiger partial charge on any atom is 0.176 e. The van der Waals surface area contributed by atoms with E-state index in [4.69, 9.17) is 0 Å². The molecule has 14 heavy (non-hydrogen) atoms. The highest BCUT2D eigenvalue weighted by molar-refractivity contribution is 5.61. The van der Waals surface area contributed by atoms with Gasteiger partial charge in [-0.15, -0.1) is 0 Å². The predicted molar refractivity (Wildman–Crippen MR) is 61.7 cm³/mol. The van der Waals surface area contributed by atoms with E-state index in [1.54, 1.807) is 0 Å². The van der Waals surface area contributed by atoms with E-state index in [-0.39, 0.29) is 0 Å². The Kier molecular flexibility index (Phi) is 3.63. The van der Waals surface area contributed by atoms with E-state index in [0.717, 1.165) is 17.7 Å². The predicted octanol–water partition coefficient (Wildman–Crippen LogP) is 2.92. The lowest BCUT2D eigenvalue weighted by Crippen LogP contribution is -2.35. The number of rotatable bonds is 4. The molecule has 0 bridgehead atoms. The van der Waals surface area contributed by atoms with Crippen molar-refractivity contribution >= 4 is 12.2 Å². The highest BCUT2D eigenvalue weighted by Gasteiger charge is 2.06. The molecule has 0 unspecified atom stereocenters. The molecule has 0 atom stereocenters. The fraction of sp³-hybridized carbons (Fsp3) is 0.308. The second-order valence-electron chi connectivity index (χ2n) is 3.85. The molecule has 0 saturated heterocycles. The molecule has 0 saturated carbocycles. The van der Waals surface area contributed by atoms with E-state index in [0.29, 0.717) is 5.92 Å². The van der Waals surface area contributed by atoms with Crippen molar-refractivity contribution in [3.63, 3.8) is 0 Å². The lowest BCUT2D eigenvalue weighted by atomic mass is 10.1. The summed E-state index contributed by atoms with van der Waals surface area (Å²) in [6.07, 6.45) is 7.93. The smallest absolute Gasteiger partial charge is 0.176 e. The minimum absolute atomic E-state index is 0.659. The number of pyridine rings is 1. The van der Waals surface area contributed by atoms with Crippen molar-refractivity contribution in [3.05, 3.63) is 42.7 Å². The molecule has 0 aliphatic rings. The molecular formula is C13H18N+. The Balaban J connectivity index is 3.01. The van der Waals surface area contributed by atoms with Gasteiger partial charge >= 0.3 is 0 Å². The zero-order valence-electron chi connectivity index (χ0n) is 9.03. The largest absolute Gasteiger partial charge is 0.204 e. The van der Waals surface area contributed by atoms with Crippen LogP contribution in [0.2, 0.25) is 0 Å². The van der Waals surface area contributed by atoms with Crippen molar-refractivity contribution in [1.29, 1.82) is 0 Å². The van der Waals surface area contributed by atoms with E-state index in [2.05, 4.69) is 50.0 Å². The fourth-order valence-corrected chi connectivity index (χ4v) is 1.46. The SMILES string of the molecule is C=Cc1cc[n+](CC(C)C)cc1C=C. The maximum absolute atomic E-state index is 3.80. The van der Waals surface area contributed by atoms with Gasteiger partial charge in [0.2, 0.25) is 0 Å². The van der Waals surface area contributed by atoms with Crippen molar-refractivity contribution in [2.45, 2.75) is 20.4 Å². The number of hydrogen-bond acceptors (Lipinski definition) is 0. The Morgan fingerprint density at radius 1 is 1.29 bits per heavy atom.